The number of nitrogens with zero attached hydrogens (tertiary/aromatic N) is 1. The van der Waals surface area contributed by atoms with Crippen molar-refractivity contribution in [2.24, 2.45) is 5.92 Å². The molecular weight excluding hydrogens is 274 g/mol. The fourth-order valence-corrected chi connectivity index (χ4v) is 4.31. The number of esters is 1. The van der Waals surface area contributed by atoms with E-state index in [9.17, 15) is 4.79 Å². The molecule has 0 aromatic heterocycles. The Morgan fingerprint density at radius 2 is 2.00 bits per heavy atom. The molecule has 2 saturated heterocycles. The number of ether oxygens (including phenoxy) is 1. The van der Waals surface area contributed by atoms with Gasteiger partial charge in [-0.1, -0.05) is 36.4 Å². The first-order chi connectivity index (χ1) is 10.7. The average Bonchev–Trinajstić information content (AvgIpc) is 2.77. The lowest BCUT2D eigenvalue weighted by atomic mass is 9.76. The maximum atomic E-state index is 12.4. The minimum atomic E-state index is -0.0558. The van der Waals surface area contributed by atoms with Gasteiger partial charge >= 0.3 is 5.97 Å². The highest BCUT2D eigenvalue weighted by Gasteiger charge is 2.49. The molecule has 2 fully saturated rings. The molecule has 0 radical (unpaired) electrons. The molecule has 3 heteroatoms. The van der Waals surface area contributed by atoms with Crippen LogP contribution in [0.4, 0.5) is 0 Å². The van der Waals surface area contributed by atoms with Gasteiger partial charge in [-0.2, -0.15) is 0 Å². The Morgan fingerprint density at radius 3 is 2.64 bits per heavy atom. The van der Waals surface area contributed by atoms with Gasteiger partial charge in [0.1, 0.15) is 0 Å². The molecule has 0 spiro atoms. The van der Waals surface area contributed by atoms with E-state index in [1.54, 1.807) is 0 Å². The van der Waals surface area contributed by atoms with Gasteiger partial charge in [-0.3, -0.25) is 9.69 Å². The zero-order valence-corrected chi connectivity index (χ0v) is 13.7. The van der Waals surface area contributed by atoms with E-state index in [1.165, 1.54) is 24.7 Å². The third-order valence-corrected chi connectivity index (χ3v) is 5.47. The fraction of sp³-hybridized carbons (Fsp3) is 0.526. The number of rotatable bonds is 3. The number of carbonyl (C=O) groups is 1. The molecular formula is C19H25NO2. The third-order valence-electron chi connectivity index (χ3n) is 5.47. The quantitative estimate of drug-likeness (QED) is 0.801. The van der Waals surface area contributed by atoms with E-state index in [-0.39, 0.29) is 17.8 Å². The highest BCUT2D eigenvalue weighted by Crippen LogP contribution is 2.46. The van der Waals surface area contributed by atoms with Crippen LogP contribution in [0, 0.1) is 5.92 Å². The number of carbonyl (C=O) groups excluding carboxylic acids is 1. The molecule has 0 aliphatic carbocycles. The molecule has 3 rings (SSSR count). The molecule has 2 aliphatic heterocycles. The maximum Gasteiger partial charge on any atom is 0.310 e. The number of fused-ring (bicyclic) bond motifs is 2. The first kappa shape index (κ1) is 15.3. The molecule has 2 bridgehead atoms. The van der Waals surface area contributed by atoms with Crippen LogP contribution in [0.2, 0.25) is 0 Å². The average molecular weight is 299 g/mol. The summed E-state index contributed by atoms with van der Waals surface area (Å²) in [5.41, 5.74) is 2.48. The van der Waals surface area contributed by atoms with Crippen molar-refractivity contribution in [1.29, 1.82) is 0 Å². The first-order valence-electron chi connectivity index (χ1n) is 8.18. The summed E-state index contributed by atoms with van der Waals surface area (Å²) in [6.45, 7) is 2.02. The van der Waals surface area contributed by atoms with Crippen LogP contribution in [-0.2, 0) is 9.53 Å². The summed E-state index contributed by atoms with van der Waals surface area (Å²) in [5.74, 6) is 0.182. The minimum absolute atomic E-state index is 0.0404. The molecule has 1 aromatic rings. The Labute approximate surface area is 133 Å². The Bertz CT molecular complexity index is 563. The van der Waals surface area contributed by atoms with E-state index < -0.39 is 0 Å². The van der Waals surface area contributed by atoms with Gasteiger partial charge in [0.2, 0.25) is 0 Å². The lowest BCUT2D eigenvalue weighted by Crippen LogP contribution is -2.49. The molecule has 2 aliphatic rings. The molecule has 0 amide bonds. The molecule has 1 aromatic carbocycles. The van der Waals surface area contributed by atoms with Gasteiger partial charge in [-0.05, 0) is 44.4 Å². The van der Waals surface area contributed by atoms with E-state index in [2.05, 4.69) is 42.3 Å². The Balaban J connectivity index is 1.91. The van der Waals surface area contributed by atoms with E-state index in [0.717, 1.165) is 12.8 Å². The van der Waals surface area contributed by atoms with Crippen molar-refractivity contribution in [3.8, 4) is 0 Å². The zero-order chi connectivity index (χ0) is 15.7. The lowest BCUT2D eigenvalue weighted by Gasteiger charge is -2.41. The number of piperidine rings is 1. The smallest absolute Gasteiger partial charge is 0.310 e. The van der Waals surface area contributed by atoms with Crippen molar-refractivity contribution in [1.82, 2.24) is 4.90 Å². The van der Waals surface area contributed by atoms with Crippen LogP contribution in [0.15, 0.2) is 30.3 Å². The summed E-state index contributed by atoms with van der Waals surface area (Å²) in [6.07, 6.45) is 7.49. The Morgan fingerprint density at radius 1 is 1.27 bits per heavy atom. The van der Waals surface area contributed by atoms with Crippen molar-refractivity contribution in [3.05, 3.63) is 41.5 Å². The summed E-state index contributed by atoms with van der Waals surface area (Å²) in [5, 5.41) is 0. The lowest BCUT2D eigenvalue weighted by molar-refractivity contribution is -0.150. The normalized spacial score (nSPS) is 31.6. The van der Waals surface area contributed by atoms with Gasteiger partial charge in [0.25, 0.3) is 0 Å². The third kappa shape index (κ3) is 2.58. The molecule has 0 saturated carbocycles. The van der Waals surface area contributed by atoms with Crippen LogP contribution >= 0.6 is 0 Å². The summed E-state index contributed by atoms with van der Waals surface area (Å²) in [6, 6.07) is 9.58. The number of benzene rings is 1. The minimum Gasteiger partial charge on any atom is -0.469 e. The maximum absolute atomic E-state index is 12.4. The summed E-state index contributed by atoms with van der Waals surface area (Å²) < 4.78 is 5.13. The second-order valence-electron chi connectivity index (χ2n) is 6.52. The van der Waals surface area contributed by atoms with Crippen LogP contribution < -0.4 is 0 Å². The standard InChI is InChI=1S/C19H25NO2/c1-4-5-13-6-8-14(9-7-13)16-12-15-10-11-17(20(15)2)18(16)19(21)22-3/h4-9,15-18H,10-12H2,1-3H3/b5-4+/t15?,16-,17?,18?/m1/s1. The van der Waals surface area contributed by atoms with Crippen molar-refractivity contribution in [2.45, 2.75) is 44.2 Å². The van der Waals surface area contributed by atoms with Crippen molar-refractivity contribution >= 4 is 12.0 Å². The summed E-state index contributed by atoms with van der Waals surface area (Å²) in [7, 11) is 3.67. The monoisotopic (exact) mass is 299 g/mol. The molecule has 118 valence electrons. The molecule has 22 heavy (non-hydrogen) atoms. The molecule has 3 nitrogen and oxygen atoms in total. The fourth-order valence-electron chi connectivity index (χ4n) is 4.31. The van der Waals surface area contributed by atoms with Gasteiger partial charge in [0, 0.05) is 18.0 Å². The van der Waals surface area contributed by atoms with E-state index in [0.29, 0.717) is 12.1 Å². The van der Waals surface area contributed by atoms with Crippen molar-refractivity contribution in [2.75, 3.05) is 14.2 Å². The van der Waals surface area contributed by atoms with E-state index in [4.69, 9.17) is 4.74 Å². The van der Waals surface area contributed by atoms with Crippen LogP contribution in [0.1, 0.15) is 43.2 Å². The van der Waals surface area contributed by atoms with Crippen LogP contribution in [0.5, 0.6) is 0 Å². The second kappa shape index (κ2) is 6.25. The van der Waals surface area contributed by atoms with Crippen LogP contribution in [0.25, 0.3) is 6.08 Å². The number of hydrogen-bond acceptors (Lipinski definition) is 3. The van der Waals surface area contributed by atoms with E-state index in [1.807, 2.05) is 13.0 Å². The van der Waals surface area contributed by atoms with Crippen molar-refractivity contribution < 1.29 is 9.53 Å². The first-order valence-corrected chi connectivity index (χ1v) is 8.18. The predicted octanol–water partition coefficient (Wildman–Crippen LogP) is 3.46. The van der Waals surface area contributed by atoms with Gasteiger partial charge in [0.15, 0.2) is 0 Å². The molecule has 0 N–H and O–H groups in total. The highest BCUT2D eigenvalue weighted by molar-refractivity contribution is 5.75. The molecule has 4 atom stereocenters. The Kier molecular flexibility index (Phi) is 4.34. The van der Waals surface area contributed by atoms with Crippen LogP contribution in [0.3, 0.4) is 0 Å². The van der Waals surface area contributed by atoms with Gasteiger partial charge in [-0.25, -0.2) is 0 Å². The SMILES string of the molecule is C/C=C/c1ccc([C@H]2CC3CCC(C2C(=O)OC)N3C)cc1. The highest BCUT2D eigenvalue weighted by atomic mass is 16.5. The topological polar surface area (TPSA) is 29.5 Å². The number of allylic oxidation sites excluding steroid dienone is 1. The second-order valence-corrected chi connectivity index (χ2v) is 6.52. The predicted molar refractivity (Wildman–Crippen MR) is 88.6 cm³/mol. The van der Waals surface area contributed by atoms with Gasteiger partial charge in [0.05, 0.1) is 13.0 Å². The van der Waals surface area contributed by atoms with Gasteiger partial charge < -0.3 is 4.74 Å². The number of methoxy groups -OCH3 is 1. The molecule has 3 unspecified atom stereocenters. The van der Waals surface area contributed by atoms with Gasteiger partial charge in [-0.15, -0.1) is 0 Å². The largest absolute Gasteiger partial charge is 0.469 e. The molecule has 2 heterocycles. The summed E-state index contributed by atoms with van der Waals surface area (Å²) >= 11 is 0. The number of hydrogen-bond donors (Lipinski definition) is 0. The summed E-state index contributed by atoms with van der Waals surface area (Å²) in [4.78, 5) is 14.8. The van der Waals surface area contributed by atoms with Crippen molar-refractivity contribution in [3.63, 3.8) is 0 Å². The van der Waals surface area contributed by atoms with E-state index >= 15 is 0 Å². The van der Waals surface area contributed by atoms with Crippen LogP contribution in [-0.4, -0.2) is 37.1 Å². The zero-order valence-electron chi connectivity index (χ0n) is 13.7. The Hall–Kier alpha value is -1.61.